The summed E-state index contributed by atoms with van der Waals surface area (Å²) in [6.07, 6.45) is 0.292. The van der Waals surface area contributed by atoms with E-state index in [4.69, 9.17) is 0 Å². The Balaban J connectivity index is 2.54. The molecule has 2 aromatic rings. The molecular weight excluding hydrogens is 393 g/mol. The number of carbonyl (C=O) groups excluding carboxylic acids is 1. The SMILES string of the molecule is Cc1cc(C)c(-c2cc(C)c(F)c([C@H](CC(=O)O)NC(=O)[C@@H](C)CC(C)C)c2)c(C)c1. The molecule has 5 heteroatoms. The Hall–Kier alpha value is -2.69. The van der Waals surface area contributed by atoms with Crippen LogP contribution in [0.5, 0.6) is 0 Å². The average molecular weight is 428 g/mol. The maximum Gasteiger partial charge on any atom is 0.305 e. The maximum atomic E-state index is 15.2. The molecule has 1 amide bonds. The van der Waals surface area contributed by atoms with Gasteiger partial charge in [0.05, 0.1) is 12.5 Å². The molecule has 0 spiro atoms. The quantitative estimate of drug-likeness (QED) is 0.540. The second-order valence-corrected chi connectivity index (χ2v) is 9.16. The van der Waals surface area contributed by atoms with Crippen LogP contribution < -0.4 is 5.32 Å². The van der Waals surface area contributed by atoms with Crippen molar-refractivity contribution in [2.24, 2.45) is 11.8 Å². The molecule has 2 aromatic carbocycles. The minimum atomic E-state index is -1.09. The molecule has 31 heavy (non-hydrogen) atoms. The summed E-state index contributed by atoms with van der Waals surface area (Å²) in [6, 6.07) is 6.68. The minimum absolute atomic E-state index is 0.210. The van der Waals surface area contributed by atoms with Gasteiger partial charge in [-0.3, -0.25) is 9.59 Å². The van der Waals surface area contributed by atoms with Gasteiger partial charge in [-0.1, -0.05) is 38.5 Å². The highest BCUT2D eigenvalue weighted by atomic mass is 19.1. The van der Waals surface area contributed by atoms with Crippen LogP contribution in [0.15, 0.2) is 24.3 Å². The van der Waals surface area contributed by atoms with Crippen LogP contribution in [0.3, 0.4) is 0 Å². The molecule has 0 radical (unpaired) electrons. The van der Waals surface area contributed by atoms with Crippen molar-refractivity contribution >= 4 is 11.9 Å². The molecule has 0 saturated heterocycles. The van der Waals surface area contributed by atoms with Crippen molar-refractivity contribution in [1.29, 1.82) is 0 Å². The van der Waals surface area contributed by atoms with Gasteiger partial charge in [0.25, 0.3) is 0 Å². The number of rotatable bonds is 8. The zero-order valence-electron chi connectivity index (χ0n) is 19.6. The minimum Gasteiger partial charge on any atom is -0.481 e. The molecule has 0 fully saturated rings. The second kappa shape index (κ2) is 10.1. The zero-order chi connectivity index (χ0) is 23.5. The molecule has 4 nitrogen and oxygen atoms in total. The molecular formula is C26H34FNO3. The Labute approximate surface area is 184 Å². The third-order valence-corrected chi connectivity index (χ3v) is 5.59. The molecule has 2 N–H and O–H groups in total. The van der Waals surface area contributed by atoms with E-state index in [1.54, 1.807) is 19.1 Å². The highest BCUT2D eigenvalue weighted by Crippen LogP contribution is 2.34. The van der Waals surface area contributed by atoms with Gasteiger partial charge in [-0.25, -0.2) is 4.39 Å². The largest absolute Gasteiger partial charge is 0.481 e. The Morgan fingerprint density at radius 2 is 1.55 bits per heavy atom. The highest BCUT2D eigenvalue weighted by molar-refractivity contribution is 5.80. The summed E-state index contributed by atoms with van der Waals surface area (Å²) in [6.45, 7) is 13.6. The smallest absolute Gasteiger partial charge is 0.305 e. The van der Waals surface area contributed by atoms with Crippen molar-refractivity contribution in [3.8, 4) is 11.1 Å². The van der Waals surface area contributed by atoms with Gasteiger partial charge in [0.2, 0.25) is 5.91 Å². The molecule has 2 rings (SSSR count). The van der Waals surface area contributed by atoms with E-state index in [-0.39, 0.29) is 23.8 Å². The fourth-order valence-electron chi connectivity index (χ4n) is 4.37. The number of hydrogen-bond acceptors (Lipinski definition) is 2. The Bertz CT molecular complexity index is 958. The Kier molecular flexibility index (Phi) is 7.99. The lowest BCUT2D eigenvalue weighted by Gasteiger charge is -2.23. The number of halogens is 1. The first-order chi connectivity index (χ1) is 14.4. The van der Waals surface area contributed by atoms with E-state index in [2.05, 4.69) is 17.4 Å². The van der Waals surface area contributed by atoms with Crippen LogP contribution in [0.2, 0.25) is 0 Å². The van der Waals surface area contributed by atoms with Crippen LogP contribution in [-0.4, -0.2) is 17.0 Å². The molecule has 168 valence electrons. The van der Waals surface area contributed by atoms with Gasteiger partial charge in [-0.15, -0.1) is 0 Å². The molecule has 0 unspecified atom stereocenters. The molecule has 0 aliphatic carbocycles. The molecule has 0 aromatic heterocycles. The molecule has 0 saturated carbocycles. The van der Waals surface area contributed by atoms with Crippen molar-refractivity contribution in [3.05, 3.63) is 57.9 Å². The number of aliphatic carboxylic acids is 1. The van der Waals surface area contributed by atoms with Gasteiger partial charge >= 0.3 is 5.97 Å². The fraction of sp³-hybridized carbons (Fsp3) is 0.462. The lowest BCUT2D eigenvalue weighted by Crippen LogP contribution is -2.35. The van der Waals surface area contributed by atoms with E-state index in [0.717, 1.165) is 27.8 Å². The summed E-state index contributed by atoms with van der Waals surface area (Å²) < 4.78 is 15.2. The van der Waals surface area contributed by atoms with Crippen LogP contribution in [0, 0.1) is 45.3 Å². The Morgan fingerprint density at radius 1 is 0.968 bits per heavy atom. The predicted molar refractivity (Wildman–Crippen MR) is 123 cm³/mol. The monoisotopic (exact) mass is 427 g/mol. The summed E-state index contributed by atoms with van der Waals surface area (Å²) in [7, 11) is 0. The predicted octanol–water partition coefficient (Wildman–Crippen LogP) is 6.04. The van der Waals surface area contributed by atoms with Crippen LogP contribution in [-0.2, 0) is 9.59 Å². The number of carboxylic acid groups (broad SMARTS) is 1. The van der Waals surface area contributed by atoms with Gasteiger partial charge in [0.1, 0.15) is 5.82 Å². The van der Waals surface area contributed by atoms with Crippen molar-refractivity contribution in [2.75, 3.05) is 0 Å². The van der Waals surface area contributed by atoms with Gasteiger partial charge in [0.15, 0.2) is 0 Å². The van der Waals surface area contributed by atoms with Crippen LogP contribution >= 0.6 is 0 Å². The summed E-state index contributed by atoms with van der Waals surface area (Å²) in [4.78, 5) is 24.2. The van der Waals surface area contributed by atoms with Crippen LogP contribution in [0.4, 0.5) is 4.39 Å². The van der Waals surface area contributed by atoms with Crippen molar-refractivity contribution < 1.29 is 19.1 Å². The fourth-order valence-corrected chi connectivity index (χ4v) is 4.37. The molecule has 2 atom stereocenters. The van der Waals surface area contributed by atoms with Gasteiger partial charge in [-0.2, -0.15) is 0 Å². The number of hydrogen-bond donors (Lipinski definition) is 2. The van der Waals surface area contributed by atoms with Crippen molar-refractivity contribution in [1.82, 2.24) is 5.32 Å². The maximum absolute atomic E-state index is 15.2. The normalized spacial score (nSPS) is 13.2. The third kappa shape index (κ3) is 6.16. The van der Waals surface area contributed by atoms with E-state index in [1.165, 1.54) is 0 Å². The summed E-state index contributed by atoms with van der Waals surface area (Å²) in [5.41, 5.74) is 5.74. The summed E-state index contributed by atoms with van der Waals surface area (Å²) >= 11 is 0. The zero-order valence-corrected chi connectivity index (χ0v) is 19.6. The second-order valence-electron chi connectivity index (χ2n) is 9.16. The number of amides is 1. The third-order valence-electron chi connectivity index (χ3n) is 5.59. The highest BCUT2D eigenvalue weighted by Gasteiger charge is 2.26. The number of aryl methyl sites for hydroxylation is 4. The Morgan fingerprint density at radius 3 is 2.06 bits per heavy atom. The first-order valence-electron chi connectivity index (χ1n) is 10.8. The number of carbonyl (C=O) groups is 2. The standard InChI is InChI=1S/C26H34FNO3/c1-14(2)8-19(7)26(31)28-22(13-23(29)30)21-12-20(11-18(6)25(21)27)24-16(4)9-15(3)10-17(24)5/h9-12,14,19,22H,8,13H2,1-7H3,(H,28,31)(H,29,30)/t19-,22-/m0/s1. The molecule has 0 bridgehead atoms. The van der Waals surface area contributed by atoms with E-state index in [0.29, 0.717) is 17.9 Å². The molecule has 0 heterocycles. The van der Waals surface area contributed by atoms with Crippen molar-refractivity contribution in [3.63, 3.8) is 0 Å². The average Bonchev–Trinajstić information content (AvgIpc) is 2.62. The van der Waals surface area contributed by atoms with E-state index >= 15 is 4.39 Å². The van der Waals surface area contributed by atoms with Crippen LogP contribution in [0.25, 0.3) is 11.1 Å². The van der Waals surface area contributed by atoms with E-state index < -0.39 is 17.8 Å². The lowest BCUT2D eigenvalue weighted by molar-refractivity contribution is -0.138. The first-order valence-corrected chi connectivity index (χ1v) is 10.8. The number of benzene rings is 2. The first kappa shape index (κ1) is 24.6. The lowest BCUT2D eigenvalue weighted by atomic mass is 9.89. The van der Waals surface area contributed by atoms with Gasteiger partial charge in [-0.05, 0) is 80.0 Å². The van der Waals surface area contributed by atoms with Crippen molar-refractivity contribution in [2.45, 2.75) is 67.3 Å². The topological polar surface area (TPSA) is 66.4 Å². The van der Waals surface area contributed by atoms with E-state index in [9.17, 15) is 14.7 Å². The summed E-state index contributed by atoms with van der Waals surface area (Å²) in [5.74, 6) is -1.79. The summed E-state index contributed by atoms with van der Waals surface area (Å²) in [5, 5.41) is 12.2. The van der Waals surface area contributed by atoms with Gasteiger partial charge in [0, 0.05) is 11.5 Å². The van der Waals surface area contributed by atoms with Crippen LogP contribution in [0.1, 0.15) is 67.5 Å². The van der Waals surface area contributed by atoms with Gasteiger partial charge < -0.3 is 10.4 Å². The molecule has 0 aliphatic rings. The number of carboxylic acids is 1. The number of nitrogens with one attached hydrogen (secondary N) is 1. The van der Waals surface area contributed by atoms with E-state index in [1.807, 2.05) is 41.5 Å². The molecule has 0 aliphatic heterocycles.